The molecule has 0 saturated heterocycles. The van der Waals surface area contributed by atoms with E-state index in [9.17, 15) is 0 Å². The van der Waals surface area contributed by atoms with Crippen LogP contribution >= 0.6 is 0 Å². The lowest BCUT2D eigenvalue weighted by atomic mass is 9.66. The molecule has 12 aromatic carbocycles. The van der Waals surface area contributed by atoms with Gasteiger partial charge in [0.25, 0.3) is 0 Å². The first-order valence-electron chi connectivity index (χ1n) is 24.7. The summed E-state index contributed by atoms with van der Waals surface area (Å²) >= 11 is 0. The van der Waals surface area contributed by atoms with Crippen molar-refractivity contribution < 1.29 is 0 Å². The second-order valence-electron chi connectivity index (χ2n) is 20.2. The van der Waals surface area contributed by atoms with Crippen LogP contribution in [0.25, 0.3) is 109 Å². The van der Waals surface area contributed by atoms with E-state index in [-0.39, 0.29) is 11.0 Å². The summed E-state index contributed by atoms with van der Waals surface area (Å²) in [5, 5.41) is 15.4. The van der Waals surface area contributed by atoms with E-state index in [1.54, 1.807) is 0 Å². The third-order valence-corrected chi connectivity index (χ3v) is 16.8. The number of fused-ring (bicyclic) bond motifs is 6. The Morgan fingerprint density at radius 1 is 0.338 bits per heavy atom. The van der Waals surface area contributed by atoms with Gasteiger partial charge in [0.15, 0.2) is 0 Å². The first-order chi connectivity index (χ1) is 33.5. The predicted molar refractivity (Wildman–Crippen MR) is 292 cm³/mol. The van der Waals surface area contributed by atoms with Gasteiger partial charge < -0.3 is 4.90 Å². The Balaban J connectivity index is 1.12. The first-order valence-corrected chi connectivity index (χ1v) is 24.7. The molecule has 0 N–H and O–H groups in total. The highest BCUT2D eigenvalue weighted by atomic mass is 15.2. The molecule has 12 aromatic rings. The zero-order valence-electron chi connectivity index (χ0n) is 38.7. The van der Waals surface area contributed by atoms with Crippen molar-refractivity contribution >= 4 is 76.0 Å². The van der Waals surface area contributed by atoms with Crippen LogP contribution in [-0.4, -0.2) is 5.54 Å². The van der Waals surface area contributed by atoms with Crippen molar-refractivity contribution in [3.8, 4) is 44.5 Å². The van der Waals surface area contributed by atoms with Gasteiger partial charge >= 0.3 is 0 Å². The highest BCUT2D eigenvalue weighted by molar-refractivity contribution is 6.33. The number of para-hydroxylation sites is 1. The minimum absolute atomic E-state index is 0.0202. The molecule has 1 aliphatic carbocycles. The van der Waals surface area contributed by atoms with Gasteiger partial charge in [-0.2, -0.15) is 0 Å². The summed E-state index contributed by atoms with van der Waals surface area (Å²) in [6, 6.07) is 80.7. The van der Waals surface area contributed by atoms with E-state index in [4.69, 9.17) is 0 Å². The lowest BCUT2D eigenvalue weighted by Gasteiger charge is -2.46. The molecule has 1 heteroatoms. The van der Waals surface area contributed by atoms with E-state index >= 15 is 0 Å². The molecule has 0 bridgehead atoms. The average Bonchev–Trinajstić information content (AvgIpc) is 3.45. The summed E-state index contributed by atoms with van der Waals surface area (Å²) in [6.07, 6.45) is 6.14. The molecule has 0 amide bonds. The fraction of sp³-hybridized carbons (Fsp3) is 0.134. The Kier molecular flexibility index (Phi) is 8.63. The minimum Gasteiger partial charge on any atom is -0.334 e. The molecule has 1 saturated carbocycles. The van der Waals surface area contributed by atoms with Gasteiger partial charge in [0.05, 0.1) is 5.54 Å². The van der Waals surface area contributed by atoms with Gasteiger partial charge in [0.1, 0.15) is 0 Å². The SMILES string of the molecule is CC12CCCCCC1(C)N(c1ccccc1)c1ccc(-c3cc(-c4cccc5ccccc45)c4ccc5c(-c6cccc7ccccc67)cc(-c6cccc7ccccc67)c6ccc3c4c65)cc12. The minimum atomic E-state index is -0.0431. The number of anilines is 2. The molecule has 68 heavy (non-hydrogen) atoms. The van der Waals surface area contributed by atoms with Crippen LogP contribution in [0.3, 0.4) is 0 Å². The van der Waals surface area contributed by atoms with Crippen LogP contribution in [0.1, 0.15) is 51.5 Å². The Morgan fingerprint density at radius 2 is 0.779 bits per heavy atom. The molecule has 14 rings (SSSR count). The Morgan fingerprint density at radius 3 is 1.31 bits per heavy atom. The maximum Gasteiger partial charge on any atom is 0.0517 e. The van der Waals surface area contributed by atoms with Crippen LogP contribution in [0.5, 0.6) is 0 Å². The van der Waals surface area contributed by atoms with Crippen LogP contribution < -0.4 is 4.90 Å². The van der Waals surface area contributed by atoms with Crippen molar-refractivity contribution in [1.82, 2.24) is 0 Å². The number of benzene rings is 12. The third kappa shape index (κ3) is 5.57. The van der Waals surface area contributed by atoms with E-state index in [1.165, 1.54) is 158 Å². The second-order valence-corrected chi connectivity index (χ2v) is 20.2. The molecular formula is C67H51N. The second kappa shape index (κ2) is 14.9. The molecule has 324 valence electrons. The van der Waals surface area contributed by atoms with Gasteiger partial charge in [-0.25, -0.2) is 0 Å². The van der Waals surface area contributed by atoms with Crippen molar-refractivity contribution in [3.05, 3.63) is 218 Å². The lowest BCUT2D eigenvalue weighted by molar-refractivity contribution is 0.261. The van der Waals surface area contributed by atoms with Crippen LogP contribution in [0, 0.1) is 0 Å². The number of hydrogen-bond acceptors (Lipinski definition) is 1. The molecule has 0 aromatic heterocycles. The molecule has 2 atom stereocenters. The summed E-state index contributed by atoms with van der Waals surface area (Å²) in [5.74, 6) is 0. The fourth-order valence-electron chi connectivity index (χ4n) is 13.3. The highest BCUT2D eigenvalue weighted by Crippen LogP contribution is 2.61. The standard InChI is InChI=1S/C67H51N/c1-66-38-13-4-14-39-67(66,2)68(47-24-5-3-6-25-47)63-37-32-46(40-62(63)66)58-41-59(51-29-15-21-43-18-7-10-26-48(43)51)55-35-36-57-61(53-31-17-23-45-20-9-12-28-50(45)53)42-60(56-34-33-54(58)64(55)65(56)57)52-30-16-22-44-19-8-11-27-49(44)52/h3,5-12,15-37,40-42H,4,13-14,38-39H2,1-2H3. The van der Waals surface area contributed by atoms with Crippen molar-refractivity contribution in [2.24, 2.45) is 0 Å². The number of rotatable bonds is 5. The third-order valence-electron chi connectivity index (χ3n) is 16.8. The van der Waals surface area contributed by atoms with Crippen molar-refractivity contribution in [2.75, 3.05) is 4.90 Å². The first kappa shape index (κ1) is 39.4. The average molecular weight is 870 g/mol. The number of hydrogen-bond donors (Lipinski definition) is 0. The maximum absolute atomic E-state index is 2.71. The molecule has 0 radical (unpaired) electrons. The smallest absolute Gasteiger partial charge is 0.0517 e. The summed E-state index contributed by atoms with van der Waals surface area (Å²) in [6.45, 7) is 5.14. The molecule has 2 aliphatic rings. The van der Waals surface area contributed by atoms with Gasteiger partial charge in [-0.1, -0.05) is 202 Å². The van der Waals surface area contributed by atoms with Gasteiger partial charge in [0.2, 0.25) is 0 Å². The van der Waals surface area contributed by atoms with Gasteiger partial charge in [-0.15, -0.1) is 0 Å². The Hall–Kier alpha value is -7.74. The van der Waals surface area contributed by atoms with E-state index in [1.807, 2.05) is 0 Å². The Bertz CT molecular complexity index is 3880. The maximum atomic E-state index is 2.71. The van der Waals surface area contributed by atoms with Crippen LogP contribution in [0.15, 0.2) is 212 Å². The normalized spacial score (nSPS) is 18.2. The molecule has 1 nitrogen and oxygen atoms in total. The lowest BCUT2D eigenvalue weighted by Crippen LogP contribution is -2.52. The largest absolute Gasteiger partial charge is 0.334 e. The van der Waals surface area contributed by atoms with Crippen LogP contribution in [0.2, 0.25) is 0 Å². The topological polar surface area (TPSA) is 3.24 Å². The molecule has 1 aliphatic heterocycles. The summed E-state index contributed by atoms with van der Waals surface area (Å²) in [4.78, 5) is 2.71. The van der Waals surface area contributed by atoms with Crippen molar-refractivity contribution in [1.29, 1.82) is 0 Å². The predicted octanol–water partition coefficient (Wildman–Crippen LogP) is 18.8. The highest BCUT2D eigenvalue weighted by Gasteiger charge is 2.56. The van der Waals surface area contributed by atoms with Crippen molar-refractivity contribution in [3.63, 3.8) is 0 Å². The monoisotopic (exact) mass is 869 g/mol. The van der Waals surface area contributed by atoms with Crippen molar-refractivity contribution in [2.45, 2.75) is 56.9 Å². The van der Waals surface area contributed by atoms with Gasteiger partial charge in [-0.05, 0) is 171 Å². The molecule has 0 spiro atoms. The van der Waals surface area contributed by atoms with Crippen LogP contribution in [-0.2, 0) is 5.41 Å². The van der Waals surface area contributed by atoms with E-state index in [2.05, 4.69) is 231 Å². The summed E-state index contributed by atoms with van der Waals surface area (Å²) in [7, 11) is 0. The van der Waals surface area contributed by atoms with E-state index < -0.39 is 0 Å². The summed E-state index contributed by atoms with van der Waals surface area (Å²) in [5.41, 5.74) is 14.2. The zero-order valence-corrected chi connectivity index (χ0v) is 38.7. The number of nitrogens with zero attached hydrogens (tertiary/aromatic N) is 1. The molecule has 1 heterocycles. The zero-order chi connectivity index (χ0) is 45.1. The van der Waals surface area contributed by atoms with E-state index in [0.717, 1.165) is 0 Å². The van der Waals surface area contributed by atoms with Crippen LogP contribution in [0.4, 0.5) is 11.4 Å². The molecule has 2 unspecified atom stereocenters. The Labute approximate surface area is 398 Å². The summed E-state index contributed by atoms with van der Waals surface area (Å²) < 4.78 is 0. The van der Waals surface area contributed by atoms with Gasteiger partial charge in [-0.3, -0.25) is 0 Å². The van der Waals surface area contributed by atoms with Gasteiger partial charge in [0, 0.05) is 16.8 Å². The fourth-order valence-corrected chi connectivity index (χ4v) is 13.3. The molecule has 1 fully saturated rings. The molecular weight excluding hydrogens is 819 g/mol. The van der Waals surface area contributed by atoms with E-state index in [0.29, 0.717) is 0 Å². The quantitative estimate of drug-likeness (QED) is 0.156.